The van der Waals surface area contributed by atoms with E-state index in [4.69, 9.17) is 5.14 Å². The molecule has 6 nitrogen and oxygen atoms in total. The average molecular weight is 388 g/mol. The van der Waals surface area contributed by atoms with Crippen molar-refractivity contribution in [3.05, 3.63) is 64.7 Å². The lowest BCUT2D eigenvalue weighted by atomic mass is 9.83. The lowest BCUT2D eigenvalue weighted by molar-refractivity contribution is 0.0895. The lowest BCUT2D eigenvalue weighted by Crippen LogP contribution is -2.34. The number of ketones is 1. The van der Waals surface area contributed by atoms with Gasteiger partial charge in [0, 0.05) is 24.6 Å². The Kier molecular flexibility index (Phi) is 5.76. The van der Waals surface area contributed by atoms with Crippen LogP contribution >= 0.6 is 0 Å². The Morgan fingerprint density at radius 2 is 2.00 bits per heavy atom. The summed E-state index contributed by atoms with van der Waals surface area (Å²) in [6, 6.07) is 12.4. The monoisotopic (exact) mass is 388 g/mol. The first-order chi connectivity index (χ1) is 12.8. The van der Waals surface area contributed by atoms with Crippen LogP contribution in [-0.4, -0.2) is 32.4 Å². The third-order valence-electron chi connectivity index (χ3n) is 5.05. The Balaban J connectivity index is 1.61. The molecule has 0 spiro atoms. The van der Waals surface area contributed by atoms with Crippen molar-refractivity contribution < 1.29 is 18.3 Å². The predicted octanol–water partition coefficient (Wildman–Crippen LogP) is 1.71. The number of rotatable bonds is 6. The first kappa shape index (κ1) is 19.7. The highest BCUT2D eigenvalue weighted by Crippen LogP contribution is 2.25. The number of carbonyl (C=O) groups is 1. The van der Waals surface area contributed by atoms with E-state index >= 15 is 0 Å². The van der Waals surface area contributed by atoms with E-state index in [0.717, 1.165) is 24.0 Å². The Bertz CT molecular complexity index is 956. The molecule has 7 heteroatoms. The standard InChI is InChI=1S/C20H24N2O4S/c1-13-6-7-15(10-19(13)27(21,25)26)18(23)12-22-11-16-9-8-14-4-2-3-5-17(14)20(16)24/h2-7,10,16,18,22-23H,8-9,11-12H2,1H3,(H2,21,25,26)/t16-,18-/m0/s1. The van der Waals surface area contributed by atoms with Crippen molar-refractivity contribution in [3.8, 4) is 0 Å². The van der Waals surface area contributed by atoms with Crippen molar-refractivity contribution in [3.63, 3.8) is 0 Å². The third-order valence-corrected chi connectivity index (χ3v) is 6.10. The maximum Gasteiger partial charge on any atom is 0.238 e. The van der Waals surface area contributed by atoms with E-state index in [9.17, 15) is 18.3 Å². The van der Waals surface area contributed by atoms with Crippen molar-refractivity contribution in [2.75, 3.05) is 13.1 Å². The van der Waals surface area contributed by atoms with Crippen molar-refractivity contribution >= 4 is 15.8 Å². The number of aliphatic hydroxyl groups excluding tert-OH is 1. The second kappa shape index (κ2) is 7.90. The maximum absolute atomic E-state index is 12.6. The van der Waals surface area contributed by atoms with Crippen molar-refractivity contribution in [2.24, 2.45) is 11.1 Å². The smallest absolute Gasteiger partial charge is 0.238 e. The molecule has 27 heavy (non-hydrogen) atoms. The second-order valence-corrected chi connectivity index (χ2v) is 8.53. The van der Waals surface area contributed by atoms with Crippen molar-refractivity contribution in [1.82, 2.24) is 5.32 Å². The molecule has 0 aliphatic heterocycles. The number of hydrogen-bond donors (Lipinski definition) is 3. The molecule has 4 N–H and O–H groups in total. The van der Waals surface area contributed by atoms with Gasteiger partial charge in [0.05, 0.1) is 11.0 Å². The summed E-state index contributed by atoms with van der Waals surface area (Å²) in [6.45, 7) is 2.34. The van der Waals surface area contributed by atoms with Gasteiger partial charge in [-0.1, -0.05) is 36.4 Å². The summed E-state index contributed by atoms with van der Waals surface area (Å²) in [6.07, 6.45) is 0.753. The molecule has 0 radical (unpaired) electrons. The molecule has 0 bridgehead atoms. The molecule has 2 atom stereocenters. The quantitative estimate of drug-likeness (QED) is 0.698. The van der Waals surface area contributed by atoms with Crippen LogP contribution in [0.2, 0.25) is 0 Å². The van der Waals surface area contributed by atoms with Crippen LogP contribution in [0.1, 0.15) is 39.6 Å². The number of carbonyl (C=O) groups excluding carboxylic acids is 1. The Morgan fingerprint density at radius 3 is 2.74 bits per heavy atom. The van der Waals surface area contributed by atoms with E-state index in [0.29, 0.717) is 17.7 Å². The zero-order valence-electron chi connectivity index (χ0n) is 15.2. The molecule has 144 valence electrons. The molecule has 3 rings (SSSR count). The SMILES string of the molecule is Cc1ccc([C@@H](O)CNC[C@@H]2CCc3ccccc3C2=O)cc1S(N)(=O)=O. The summed E-state index contributed by atoms with van der Waals surface area (Å²) < 4.78 is 23.3. The van der Waals surface area contributed by atoms with Crippen LogP contribution in [0.15, 0.2) is 47.4 Å². The van der Waals surface area contributed by atoms with Gasteiger partial charge in [0.15, 0.2) is 5.78 Å². The molecule has 0 saturated carbocycles. The summed E-state index contributed by atoms with van der Waals surface area (Å²) in [5.41, 5.74) is 2.88. The van der Waals surface area contributed by atoms with Crippen LogP contribution < -0.4 is 10.5 Å². The van der Waals surface area contributed by atoms with Gasteiger partial charge in [0.25, 0.3) is 0 Å². The van der Waals surface area contributed by atoms with Crippen LogP contribution in [0.4, 0.5) is 0 Å². The van der Waals surface area contributed by atoms with E-state index < -0.39 is 16.1 Å². The van der Waals surface area contributed by atoms with Crippen LogP contribution in [0.25, 0.3) is 0 Å². The Morgan fingerprint density at radius 1 is 1.26 bits per heavy atom. The Labute approximate surface area is 159 Å². The zero-order chi connectivity index (χ0) is 19.6. The minimum Gasteiger partial charge on any atom is -0.387 e. The fourth-order valence-corrected chi connectivity index (χ4v) is 4.31. The van der Waals surface area contributed by atoms with Crippen molar-refractivity contribution in [1.29, 1.82) is 0 Å². The average Bonchev–Trinajstić information content (AvgIpc) is 2.63. The fraction of sp³-hybridized carbons (Fsp3) is 0.350. The highest BCUT2D eigenvalue weighted by atomic mass is 32.2. The fourth-order valence-electron chi connectivity index (χ4n) is 3.50. The number of aliphatic hydroxyl groups is 1. The Hall–Kier alpha value is -2.06. The number of nitrogens with two attached hydrogens (primary N) is 1. The minimum absolute atomic E-state index is 0.0121. The molecule has 1 aliphatic carbocycles. The van der Waals surface area contributed by atoms with Gasteiger partial charge in [-0.05, 0) is 42.5 Å². The van der Waals surface area contributed by atoms with Gasteiger partial charge in [-0.15, -0.1) is 0 Å². The van der Waals surface area contributed by atoms with Gasteiger partial charge in [-0.25, -0.2) is 13.6 Å². The van der Waals surface area contributed by atoms with Crippen LogP contribution in [-0.2, 0) is 16.4 Å². The van der Waals surface area contributed by atoms with Gasteiger partial charge in [0.1, 0.15) is 0 Å². The number of sulfonamides is 1. The molecule has 2 aromatic rings. The number of benzene rings is 2. The molecule has 0 amide bonds. The largest absolute Gasteiger partial charge is 0.387 e. The number of primary sulfonamides is 1. The first-order valence-corrected chi connectivity index (χ1v) is 10.5. The summed E-state index contributed by atoms with van der Waals surface area (Å²) in [4.78, 5) is 12.6. The van der Waals surface area contributed by atoms with Gasteiger partial charge >= 0.3 is 0 Å². The molecule has 0 saturated heterocycles. The maximum atomic E-state index is 12.6. The highest BCUT2D eigenvalue weighted by Gasteiger charge is 2.26. The molecule has 0 unspecified atom stereocenters. The van der Waals surface area contributed by atoms with E-state index in [1.54, 1.807) is 19.1 Å². The molecule has 0 fully saturated rings. The summed E-state index contributed by atoms with van der Waals surface area (Å²) >= 11 is 0. The van der Waals surface area contributed by atoms with Crippen LogP contribution in [0.3, 0.4) is 0 Å². The number of Topliss-reactive ketones (excluding diaryl/α,β-unsaturated/α-hetero) is 1. The second-order valence-electron chi connectivity index (χ2n) is 7.00. The number of hydrogen-bond acceptors (Lipinski definition) is 5. The molecule has 1 aliphatic rings. The summed E-state index contributed by atoms with van der Waals surface area (Å²) in [5.74, 6) is 0.00999. The van der Waals surface area contributed by atoms with Gasteiger partial charge in [-0.3, -0.25) is 4.79 Å². The number of fused-ring (bicyclic) bond motifs is 1. The third kappa shape index (κ3) is 4.44. The van der Waals surface area contributed by atoms with E-state index in [-0.39, 0.29) is 23.1 Å². The first-order valence-electron chi connectivity index (χ1n) is 8.91. The van der Waals surface area contributed by atoms with Gasteiger partial charge < -0.3 is 10.4 Å². The predicted molar refractivity (Wildman–Crippen MR) is 103 cm³/mol. The van der Waals surface area contributed by atoms with Crippen LogP contribution in [0, 0.1) is 12.8 Å². The van der Waals surface area contributed by atoms with E-state index in [2.05, 4.69) is 5.32 Å². The van der Waals surface area contributed by atoms with Gasteiger partial charge in [0.2, 0.25) is 10.0 Å². The van der Waals surface area contributed by atoms with Crippen molar-refractivity contribution in [2.45, 2.75) is 30.8 Å². The van der Waals surface area contributed by atoms with E-state index in [1.807, 2.05) is 24.3 Å². The highest BCUT2D eigenvalue weighted by molar-refractivity contribution is 7.89. The summed E-state index contributed by atoms with van der Waals surface area (Å²) in [5, 5.41) is 18.7. The molecular weight excluding hydrogens is 364 g/mol. The van der Waals surface area contributed by atoms with Crippen LogP contribution in [0.5, 0.6) is 0 Å². The molecule has 0 heterocycles. The molecule has 0 aromatic heterocycles. The molecular formula is C20H24N2O4S. The topological polar surface area (TPSA) is 109 Å². The van der Waals surface area contributed by atoms with E-state index in [1.165, 1.54) is 6.07 Å². The molecule has 2 aromatic carbocycles. The summed E-state index contributed by atoms with van der Waals surface area (Å²) in [7, 11) is -3.84. The minimum atomic E-state index is -3.84. The normalized spacial score (nSPS) is 18.2. The van der Waals surface area contributed by atoms with Gasteiger partial charge in [-0.2, -0.15) is 0 Å². The number of aryl methyl sites for hydroxylation is 2. The number of nitrogens with one attached hydrogen (secondary N) is 1. The lowest BCUT2D eigenvalue weighted by Gasteiger charge is -2.24. The zero-order valence-corrected chi connectivity index (χ0v) is 16.0.